The van der Waals surface area contributed by atoms with E-state index in [4.69, 9.17) is 21.1 Å². The van der Waals surface area contributed by atoms with E-state index in [-0.39, 0.29) is 11.8 Å². The van der Waals surface area contributed by atoms with Crippen molar-refractivity contribution in [1.29, 1.82) is 0 Å². The number of rotatable bonds is 6. The van der Waals surface area contributed by atoms with Crippen LogP contribution in [0.25, 0.3) is 22.8 Å². The van der Waals surface area contributed by atoms with Crippen LogP contribution in [0.4, 0.5) is 17.6 Å². The highest BCUT2D eigenvalue weighted by Gasteiger charge is 2.32. The Morgan fingerprint density at radius 3 is 2.48 bits per heavy atom. The van der Waals surface area contributed by atoms with Gasteiger partial charge in [0.05, 0.1) is 13.3 Å². The van der Waals surface area contributed by atoms with Crippen LogP contribution < -0.4 is 9.47 Å². The van der Waals surface area contributed by atoms with Gasteiger partial charge in [-0.3, -0.25) is 4.98 Å². The number of aromatic nitrogens is 4. The number of halogens is 5. The quantitative estimate of drug-likeness (QED) is 0.348. The number of ether oxygens (including phenoxy) is 2. The van der Waals surface area contributed by atoms with Crippen LogP contribution in [0, 0.1) is 5.82 Å². The number of pyridine rings is 2. The first-order chi connectivity index (χ1) is 15.7. The lowest BCUT2D eigenvalue weighted by atomic mass is 10.1. The number of methoxy groups -OCH3 is 1. The highest BCUT2D eigenvalue weighted by Crippen LogP contribution is 2.37. The summed E-state index contributed by atoms with van der Waals surface area (Å²) in [6.45, 7) is 0.0111. The van der Waals surface area contributed by atoms with E-state index in [1.54, 1.807) is 18.2 Å². The molecule has 0 aliphatic carbocycles. The molecular weight excluding hydrogens is 464 g/mol. The average Bonchev–Trinajstić information content (AvgIpc) is 3.19. The normalized spacial score (nSPS) is 11.5. The van der Waals surface area contributed by atoms with Gasteiger partial charge in [0.25, 0.3) is 0 Å². The number of H-pyrrole nitrogens is 1. The van der Waals surface area contributed by atoms with Crippen molar-refractivity contribution in [3.8, 4) is 34.3 Å². The fourth-order valence-electron chi connectivity index (χ4n) is 2.97. The lowest BCUT2D eigenvalue weighted by molar-refractivity contribution is -0.141. The average molecular weight is 479 g/mol. The maximum atomic E-state index is 13.1. The molecule has 0 unspecified atom stereocenters. The molecule has 4 aromatic rings. The molecule has 4 rings (SSSR count). The molecule has 6 nitrogen and oxygen atoms in total. The zero-order valence-electron chi connectivity index (χ0n) is 17.0. The van der Waals surface area contributed by atoms with Crippen molar-refractivity contribution < 1.29 is 27.0 Å². The summed E-state index contributed by atoms with van der Waals surface area (Å²) < 4.78 is 62.1. The Morgan fingerprint density at radius 2 is 1.85 bits per heavy atom. The number of hydrogen-bond acceptors (Lipinski definition) is 5. The summed E-state index contributed by atoms with van der Waals surface area (Å²) in [5.74, 6) is 0.709. The summed E-state index contributed by atoms with van der Waals surface area (Å²) in [5.41, 5.74) is 0.874. The molecule has 0 amide bonds. The molecule has 3 aromatic heterocycles. The fraction of sp³-hybridized carbons (Fsp3) is 0.136. The van der Waals surface area contributed by atoms with Gasteiger partial charge < -0.3 is 14.5 Å². The van der Waals surface area contributed by atoms with E-state index in [1.807, 2.05) is 0 Å². The first kappa shape index (κ1) is 22.5. The molecular formula is C22H15ClF4N4O2. The largest absolute Gasteiger partial charge is 0.496 e. The highest BCUT2D eigenvalue weighted by molar-refractivity contribution is 6.32. The first-order valence-electron chi connectivity index (χ1n) is 9.45. The molecule has 1 aromatic carbocycles. The van der Waals surface area contributed by atoms with E-state index in [0.717, 1.165) is 18.5 Å². The number of nitrogens with one attached hydrogen (secondary N) is 1. The summed E-state index contributed by atoms with van der Waals surface area (Å²) in [6, 6.07) is 9.87. The van der Waals surface area contributed by atoms with E-state index < -0.39 is 17.7 Å². The Morgan fingerprint density at radius 1 is 1.03 bits per heavy atom. The van der Waals surface area contributed by atoms with Crippen LogP contribution in [0.2, 0.25) is 5.15 Å². The van der Waals surface area contributed by atoms with E-state index in [9.17, 15) is 17.6 Å². The van der Waals surface area contributed by atoms with Crippen LogP contribution in [-0.4, -0.2) is 27.0 Å². The number of hydrogen-bond donors (Lipinski definition) is 1. The van der Waals surface area contributed by atoms with Crippen LogP contribution in [0.3, 0.4) is 0 Å². The summed E-state index contributed by atoms with van der Waals surface area (Å²) in [6.07, 6.45) is -2.31. The van der Waals surface area contributed by atoms with Crippen molar-refractivity contribution in [3.63, 3.8) is 0 Å². The summed E-state index contributed by atoms with van der Waals surface area (Å²) in [7, 11) is 1.46. The number of aromatic amines is 1. The monoisotopic (exact) mass is 478 g/mol. The van der Waals surface area contributed by atoms with Gasteiger partial charge in [-0.15, -0.1) is 0 Å². The third-order valence-corrected chi connectivity index (χ3v) is 4.85. The van der Waals surface area contributed by atoms with Crippen molar-refractivity contribution in [2.24, 2.45) is 0 Å². The topological polar surface area (TPSA) is 72.9 Å². The standard InChI is InChI=1S/C22H15ClF4N4O2/c1-32-17-8-14(33-11-12-2-7-18(29-9-12)22(25,26)27)4-5-15(17)19-20(23)31-21(30-19)16-6-3-13(24)10-28-16/h2-10H,11H2,1H3,(H,30,31). The Labute approximate surface area is 190 Å². The van der Waals surface area contributed by atoms with E-state index in [2.05, 4.69) is 19.9 Å². The molecule has 0 bridgehead atoms. The third-order valence-electron chi connectivity index (χ3n) is 4.58. The highest BCUT2D eigenvalue weighted by atomic mass is 35.5. The predicted octanol–water partition coefficient (Wildman–Crippen LogP) is 5.93. The SMILES string of the molecule is COc1cc(OCc2ccc(C(F)(F)F)nc2)ccc1-c1nc(-c2ccc(F)cn2)[nH]c1Cl. The van der Waals surface area contributed by atoms with Crippen molar-refractivity contribution in [1.82, 2.24) is 19.9 Å². The molecule has 0 saturated heterocycles. The van der Waals surface area contributed by atoms with Crippen molar-refractivity contribution in [2.45, 2.75) is 12.8 Å². The van der Waals surface area contributed by atoms with Crippen molar-refractivity contribution in [3.05, 3.63) is 77.1 Å². The molecule has 11 heteroatoms. The van der Waals surface area contributed by atoms with Gasteiger partial charge in [0, 0.05) is 23.4 Å². The Balaban J connectivity index is 1.53. The molecule has 3 heterocycles. The van der Waals surface area contributed by atoms with Gasteiger partial charge in [-0.25, -0.2) is 14.4 Å². The molecule has 0 fully saturated rings. The van der Waals surface area contributed by atoms with Gasteiger partial charge in [-0.1, -0.05) is 17.7 Å². The van der Waals surface area contributed by atoms with Gasteiger partial charge in [0.2, 0.25) is 0 Å². The second-order valence-corrected chi connectivity index (χ2v) is 7.19. The third kappa shape index (κ3) is 5.06. The lowest BCUT2D eigenvalue weighted by Gasteiger charge is -2.11. The van der Waals surface area contributed by atoms with Crippen LogP contribution in [0.15, 0.2) is 54.9 Å². The van der Waals surface area contributed by atoms with Gasteiger partial charge in [-0.05, 0) is 30.3 Å². The molecule has 0 aliphatic heterocycles. The molecule has 0 saturated carbocycles. The zero-order valence-corrected chi connectivity index (χ0v) is 17.7. The smallest absolute Gasteiger partial charge is 0.433 e. The van der Waals surface area contributed by atoms with Crippen LogP contribution in [0.1, 0.15) is 11.3 Å². The number of imidazole rings is 1. The Bertz CT molecular complexity index is 1260. The van der Waals surface area contributed by atoms with E-state index in [0.29, 0.717) is 39.8 Å². The van der Waals surface area contributed by atoms with Crippen molar-refractivity contribution in [2.75, 3.05) is 7.11 Å². The minimum atomic E-state index is -4.50. The van der Waals surface area contributed by atoms with Gasteiger partial charge >= 0.3 is 6.18 Å². The first-order valence-corrected chi connectivity index (χ1v) is 9.83. The minimum Gasteiger partial charge on any atom is -0.496 e. The fourth-order valence-corrected chi connectivity index (χ4v) is 3.20. The van der Waals surface area contributed by atoms with Gasteiger partial charge in [0.1, 0.15) is 46.2 Å². The molecule has 0 spiro atoms. The summed E-state index contributed by atoms with van der Waals surface area (Å²) in [4.78, 5) is 14.7. The van der Waals surface area contributed by atoms with Gasteiger partial charge in [0.15, 0.2) is 5.82 Å². The Kier molecular flexibility index (Phi) is 6.19. The summed E-state index contributed by atoms with van der Waals surface area (Å²) in [5, 5.41) is 0.235. The van der Waals surface area contributed by atoms with Crippen molar-refractivity contribution >= 4 is 11.6 Å². The zero-order chi connectivity index (χ0) is 23.6. The number of benzene rings is 1. The molecule has 0 aliphatic rings. The van der Waals surface area contributed by atoms with Crippen LogP contribution >= 0.6 is 11.6 Å². The van der Waals surface area contributed by atoms with E-state index in [1.165, 1.54) is 25.3 Å². The lowest BCUT2D eigenvalue weighted by Crippen LogP contribution is -2.08. The number of nitrogens with zero attached hydrogens (tertiary/aromatic N) is 3. The number of alkyl halides is 3. The minimum absolute atomic E-state index is 0.0111. The molecule has 0 atom stereocenters. The van der Waals surface area contributed by atoms with E-state index >= 15 is 0 Å². The van der Waals surface area contributed by atoms with Gasteiger partial charge in [-0.2, -0.15) is 13.2 Å². The van der Waals surface area contributed by atoms with Crippen LogP contribution in [-0.2, 0) is 12.8 Å². The molecule has 1 N–H and O–H groups in total. The molecule has 0 radical (unpaired) electrons. The predicted molar refractivity (Wildman–Crippen MR) is 112 cm³/mol. The molecule has 33 heavy (non-hydrogen) atoms. The maximum absolute atomic E-state index is 13.1. The summed E-state index contributed by atoms with van der Waals surface area (Å²) >= 11 is 6.32. The second kappa shape index (κ2) is 9.07. The maximum Gasteiger partial charge on any atom is 0.433 e. The molecule has 170 valence electrons. The van der Waals surface area contributed by atoms with Crippen LogP contribution in [0.5, 0.6) is 11.5 Å². The second-order valence-electron chi connectivity index (χ2n) is 6.81. The Hall–Kier alpha value is -3.66.